The molecule has 0 aromatic heterocycles. The summed E-state index contributed by atoms with van der Waals surface area (Å²) in [5.41, 5.74) is 6.45. The second kappa shape index (κ2) is 11.2. The van der Waals surface area contributed by atoms with Crippen LogP contribution < -0.4 is 14.8 Å². The van der Waals surface area contributed by atoms with Gasteiger partial charge >= 0.3 is 0 Å². The summed E-state index contributed by atoms with van der Waals surface area (Å²) in [4.78, 5) is 4.72. The van der Waals surface area contributed by atoms with Gasteiger partial charge in [-0.05, 0) is 99.6 Å². The van der Waals surface area contributed by atoms with Gasteiger partial charge in [-0.1, -0.05) is 54.6 Å². The first-order valence-electron chi connectivity index (χ1n) is 13.0. The highest BCUT2D eigenvalue weighted by Gasteiger charge is 2.37. The van der Waals surface area contributed by atoms with Gasteiger partial charge in [0.25, 0.3) is 0 Å². The molecule has 0 amide bonds. The number of fused-ring (bicyclic) bond motifs is 3. The number of hydrogen-bond acceptors (Lipinski definition) is 4. The predicted molar refractivity (Wildman–Crippen MR) is 163 cm³/mol. The van der Waals surface area contributed by atoms with E-state index in [1.54, 1.807) is 13.2 Å². The third-order valence-corrected chi connectivity index (χ3v) is 8.21. The van der Waals surface area contributed by atoms with E-state index in [4.69, 9.17) is 14.5 Å². The molecule has 6 rings (SSSR count). The third-order valence-electron chi connectivity index (χ3n) is 7.41. The molecule has 3 atom stereocenters. The van der Waals surface area contributed by atoms with E-state index >= 15 is 0 Å². The molecule has 196 valence electrons. The van der Waals surface area contributed by atoms with Crippen molar-refractivity contribution in [1.29, 1.82) is 0 Å². The van der Waals surface area contributed by atoms with Gasteiger partial charge < -0.3 is 14.8 Å². The summed E-state index contributed by atoms with van der Waals surface area (Å²) < 4.78 is 26.0. The summed E-state index contributed by atoms with van der Waals surface area (Å²) in [5.74, 6) is 1.94. The first-order valence-corrected chi connectivity index (χ1v) is 14.1. The first kappa shape index (κ1) is 25.6. The van der Waals surface area contributed by atoms with Gasteiger partial charge in [0.05, 0.1) is 22.4 Å². The van der Waals surface area contributed by atoms with E-state index in [9.17, 15) is 4.39 Å². The van der Waals surface area contributed by atoms with Gasteiger partial charge in [0.15, 0.2) is 11.5 Å². The molecule has 1 heterocycles. The quantitative estimate of drug-likeness (QED) is 0.126. The number of methoxy groups -OCH3 is 1. The van der Waals surface area contributed by atoms with Crippen LogP contribution in [0.15, 0.2) is 102 Å². The lowest BCUT2D eigenvalue weighted by molar-refractivity contribution is 0.282. The third kappa shape index (κ3) is 5.43. The second-order valence-electron chi connectivity index (χ2n) is 9.87. The molecule has 0 saturated carbocycles. The van der Waals surface area contributed by atoms with E-state index in [1.165, 1.54) is 28.9 Å². The topological polar surface area (TPSA) is 42.8 Å². The Morgan fingerprint density at radius 3 is 2.69 bits per heavy atom. The molecule has 0 saturated heterocycles. The van der Waals surface area contributed by atoms with E-state index in [-0.39, 0.29) is 18.5 Å². The van der Waals surface area contributed by atoms with Gasteiger partial charge in [-0.25, -0.2) is 4.39 Å². The molecule has 39 heavy (non-hydrogen) atoms. The zero-order chi connectivity index (χ0) is 26.8. The highest BCUT2D eigenvalue weighted by Crippen LogP contribution is 2.49. The average Bonchev–Trinajstić information content (AvgIpc) is 3.46. The van der Waals surface area contributed by atoms with Crippen LogP contribution in [0.5, 0.6) is 11.5 Å². The number of nitrogens with one attached hydrogen (secondary N) is 1. The van der Waals surface area contributed by atoms with Gasteiger partial charge in [-0.15, -0.1) is 0 Å². The molecule has 0 unspecified atom stereocenters. The van der Waals surface area contributed by atoms with E-state index in [0.717, 1.165) is 26.8 Å². The van der Waals surface area contributed by atoms with Crippen LogP contribution in [0.1, 0.15) is 40.6 Å². The number of halogens is 2. The number of hydrogen-bond donors (Lipinski definition) is 1. The molecule has 4 aromatic rings. The molecule has 1 N–H and O–H groups in total. The largest absolute Gasteiger partial charge is 0.493 e. The predicted octanol–water partition coefficient (Wildman–Crippen LogP) is 8.60. The Morgan fingerprint density at radius 1 is 1.03 bits per heavy atom. The zero-order valence-electron chi connectivity index (χ0n) is 21.5. The monoisotopic (exact) mass is 630 g/mol. The summed E-state index contributed by atoms with van der Waals surface area (Å²) in [6, 6.07) is 27.7. The number of ether oxygens (including phenoxy) is 2. The first-order chi connectivity index (χ1) is 19.1. The summed E-state index contributed by atoms with van der Waals surface area (Å²) in [7, 11) is 1.61. The molecule has 1 aliphatic carbocycles. The van der Waals surface area contributed by atoms with E-state index < -0.39 is 0 Å². The van der Waals surface area contributed by atoms with E-state index in [2.05, 4.69) is 88.6 Å². The lowest BCUT2D eigenvalue weighted by atomic mass is 9.77. The fourth-order valence-corrected chi connectivity index (χ4v) is 6.31. The number of rotatable bonds is 7. The molecular formula is C33H28FIN2O2. The normalized spacial score (nSPS) is 19.4. The smallest absolute Gasteiger partial charge is 0.174 e. The number of benzene rings is 4. The van der Waals surface area contributed by atoms with Crippen molar-refractivity contribution in [3.8, 4) is 11.5 Å². The van der Waals surface area contributed by atoms with Gasteiger partial charge in [0.1, 0.15) is 12.4 Å². The van der Waals surface area contributed by atoms with Crippen LogP contribution in [0, 0.1) is 15.3 Å². The Balaban J connectivity index is 1.17. The molecule has 2 aliphatic rings. The Morgan fingerprint density at radius 2 is 1.87 bits per heavy atom. The van der Waals surface area contributed by atoms with Crippen molar-refractivity contribution < 1.29 is 13.9 Å². The molecule has 0 fully saturated rings. The average molecular weight is 631 g/mol. The highest BCUT2D eigenvalue weighted by molar-refractivity contribution is 14.1. The van der Waals surface area contributed by atoms with Crippen molar-refractivity contribution in [2.45, 2.75) is 25.0 Å². The molecule has 0 spiro atoms. The van der Waals surface area contributed by atoms with Crippen LogP contribution in [0.3, 0.4) is 0 Å². The summed E-state index contributed by atoms with van der Waals surface area (Å²) in [5, 5.41) is 3.79. The summed E-state index contributed by atoms with van der Waals surface area (Å²) >= 11 is 2.23. The molecule has 4 nitrogen and oxygen atoms in total. The molecule has 1 aliphatic heterocycles. The fourth-order valence-electron chi connectivity index (χ4n) is 5.53. The maximum Gasteiger partial charge on any atom is 0.174 e. The lowest BCUT2D eigenvalue weighted by Gasteiger charge is -2.37. The van der Waals surface area contributed by atoms with Gasteiger partial charge in [-0.2, -0.15) is 0 Å². The maximum absolute atomic E-state index is 13.5. The number of aliphatic imine (C=N–C) groups is 1. The summed E-state index contributed by atoms with van der Waals surface area (Å²) in [6.07, 6.45) is 7.60. The van der Waals surface area contributed by atoms with Crippen molar-refractivity contribution in [3.63, 3.8) is 0 Å². The fraction of sp³-hybridized carbons (Fsp3) is 0.182. The molecule has 0 radical (unpaired) electrons. The van der Waals surface area contributed by atoms with Crippen molar-refractivity contribution in [3.05, 3.63) is 129 Å². The minimum atomic E-state index is -0.280. The Kier molecular flexibility index (Phi) is 7.37. The highest BCUT2D eigenvalue weighted by atomic mass is 127. The van der Waals surface area contributed by atoms with Gasteiger partial charge in [0, 0.05) is 17.8 Å². The van der Waals surface area contributed by atoms with Crippen molar-refractivity contribution in [1.82, 2.24) is 0 Å². The van der Waals surface area contributed by atoms with Crippen molar-refractivity contribution in [2.24, 2.45) is 10.9 Å². The Labute approximate surface area is 241 Å². The number of nitrogens with zero attached hydrogens (tertiary/aromatic N) is 1. The SMILES string of the molecule is COc1cc(C=Nc2ccc([C@@H]3Nc4ccccc4[C@H]4C=CC[C@H]43)cc2)cc(I)c1OCc1cccc(F)c1. The minimum absolute atomic E-state index is 0.253. The zero-order valence-corrected chi connectivity index (χ0v) is 23.6. The Hall–Kier alpha value is -3.65. The molecule has 4 aromatic carbocycles. The lowest BCUT2D eigenvalue weighted by Crippen LogP contribution is -2.28. The Bertz CT molecular complexity index is 1550. The van der Waals surface area contributed by atoms with Crippen LogP contribution in [0.2, 0.25) is 0 Å². The maximum atomic E-state index is 13.5. The van der Waals surface area contributed by atoms with Crippen LogP contribution in [-0.2, 0) is 6.61 Å². The number of allylic oxidation sites excluding steroid dienone is 2. The van der Waals surface area contributed by atoms with E-state index in [1.807, 2.05) is 24.4 Å². The van der Waals surface area contributed by atoms with Crippen LogP contribution >= 0.6 is 22.6 Å². The van der Waals surface area contributed by atoms with Crippen molar-refractivity contribution in [2.75, 3.05) is 12.4 Å². The number of anilines is 1. The van der Waals surface area contributed by atoms with Crippen LogP contribution in [0.4, 0.5) is 15.8 Å². The second-order valence-corrected chi connectivity index (χ2v) is 11.0. The van der Waals surface area contributed by atoms with E-state index in [0.29, 0.717) is 23.3 Å². The van der Waals surface area contributed by atoms with Crippen molar-refractivity contribution >= 4 is 40.2 Å². The molecule has 0 bridgehead atoms. The van der Waals surface area contributed by atoms with Gasteiger partial charge in [-0.3, -0.25) is 4.99 Å². The van der Waals surface area contributed by atoms with Crippen LogP contribution in [-0.4, -0.2) is 13.3 Å². The molecular weight excluding hydrogens is 602 g/mol. The van der Waals surface area contributed by atoms with Gasteiger partial charge in [0.2, 0.25) is 0 Å². The standard InChI is InChI=1S/C33H28FIN2O2/c1-38-31-18-22(17-29(35)33(31)39-20-21-6-4-7-24(34)16-21)19-36-25-14-12-23(13-15-25)32-28-10-5-9-26(28)27-8-2-3-11-30(27)37-32/h2-9,11-19,26,28,32,37H,10,20H2,1H3/t26-,28-,32+/m1/s1. The molecule has 6 heteroatoms. The van der Waals surface area contributed by atoms with Crippen LogP contribution in [0.25, 0.3) is 0 Å². The number of para-hydroxylation sites is 1. The minimum Gasteiger partial charge on any atom is -0.493 e. The summed E-state index contributed by atoms with van der Waals surface area (Å²) in [6.45, 7) is 0.253.